The van der Waals surface area contributed by atoms with Crippen LogP contribution in [-0.2, 0) is 14.3 Å². The van der Waals surface area contributed by atoms with E-state index in [9.17, 15) is 19.8 Å². The van der Waals surface area contributed by atoms with Crippen LogP contribution in [0.3, 0.4) is 0 Å². The largest absolute Gasteiger partial charge is 0.462 e. The van der Waals surface area contributed by atoms with Gasteiger partial charge in [-0.15, -0.1) is 0 Å². The quantitative estimate of drug-likeness (QED) is 0.0323. The SMILES string of the molecule is CC/C=C/C/C=C/C/C=C/C/C=C/CCCCCC(=O)OC(CCCCC/C=C/CCCCCCCCC)CC(=O)NC(CO)C(O)CCCCCCCCCCCC. The maximum absolute atomic E-state index is 13.2. The molecule has 0 aromatic rings. The van der Waals surface area contributed by atoms with Crippen LogP contribution in [0.25, 0.3) is 0 Å². The molecule has 6 heteroatoms. The van der Waals surface area contributed by atoms with Gasteiger partial charge in [-0.05, 0) is 89.9 Å². The maximum Gasteiger partial charge on any atom is 0.306 e. The van der Waals surface area contributed by atoms with Gasteiger partial charge in [-0.3, -0.25) is 9.59 Å². The molecular weight excluding hydrogens is 731 g/mol. The van der Waals surface area contributed by atoms with E-state index in [2.05, 4.69) is 86.8 Å². The van der Waals surface area contributed by atoms with Crippen molar-refractivity contribution in [2.45, 2.75) is 257 Å². The molecule has 6 nitrogen and oxygen atoms in total. The third-order valence-electron chi connectivity index (χ3n) is 11.1. The van der Waals surface area contributed by atoms with Crippen LogP contribution < -0.4 is 5.32 Å². The third kappa shape index (κ3) is 42.1. The van der Waals surface area contributed by atoms with Crippen molar-refractivity contribution in [2.24, 2.45) is 0 Å². The van der Waals surface area contributed by atoms with Crippen molar-refractivity contribution in [3.63, 3.8) is 0 Å². The molecule has 3 atom stereocenters. The first-order valence-electron chi connectivity index (χ1n) is 25.0. The highest BCUT2D eigenvalue weighted by Crippen LogP contribution is 2.17. The highest BCUT2D eigenvalue weighted by atomic mass is 16.5. The zero-order chi connectivity index (χ0) is 43.1. The van der Waals surface area contributed by atoms with Crippen LogP contribution in [0.2, 0.25) is 0 Å². The van der Waals surface area contributed by atoms with Gasteiger partial charge >= 0.3 is 5.97 Å². The molecule has 0 saturated carbocycles. The number of esters is 1. The molecule has 59 heavy (non-hydrogen) atoms. The summed E-state index contributed by atoms with van der Waals surface area (Å²) in [5, 5.41) is 23.7. The van der Waals surface area contributed by atoms with E-state index < -0.39 is 18.2 Å². The Morgan fingerprint density at radius 3 is 1.42 bits per heavy atom. The van der Waals surface area contributed by atoms with Crippen molar-refractivity contribution < 1.29 is 24.5 Å². The number of allylic oxidation sites excluding steroid dienone is 10. The average molecular weight is 826 g/mol. The first kappa shape index (κ1) is 56.6. The Kier molecular flexibility index (Phi) is 44.7. The van der Waals surface area contributed by atoms with Gasteiger partial charge in [0.1, 0.15) is 6.10 Å². The van der Waals surface area contributed by atoms with E-state index in [0.717, 1.165) is 103 Å². The van der Waals surface area contributed by atoms with E-state index in [1.54, 1.807) is 0 Å². The van der Waals surface area contributed by atoms with Gasteiger partial charge in [0.25, 0.3) is 0 Å². The average Bonchev–Trinajstić information content (AvgIpc) is 3.23. The summed E-state index contributed by atoms with van der Waals surface area (Å²) in [5.41, 5.74) is 0. The second kappa shape index (κ2) is 46.6. The smallest absolute Gasteiger partial charge is 0.306 e. The zero-order valence-electron chi connectivity index (χ0n) is 38.9. The minimum atomic E-state index is -0.797. The molecule has 0 heterocycles. The van der Waals surface area contributed by atoms with E-state index in [-0.39, 0.29) is 24.9 Å². The monoisotopic (exact) mass is 826 g/mol. The van der Waals surface area contributed by atoms with E-state index in [1.165, 1.54) is 89.9 Å². The lowest BCUT2D eigenvalue weighted by molar-refractivity contribution is -0.151. The summed E-state index contributed by atoms with van der Waals surface area (Å²) in [6, 6.07) is -0.713. The number of nitrogens with one attached hydrogen (secondary N) is 1. The Bertz CT molecular complexity index is 1060. The van der Waals surface area contributed by atoms with Gasteiger partial charge in [0.15, 0.2) is 0 Å². The number of unbranched alkanes of at least 4 members (excludes halogenated alkanes) is 22. The summed E-state index contributed by atoms with van der Waals surface area (Å²) >= 11 is 0. The van der Waals surface area contributed by atoms with Gasteiger partial charge in [-0.25, -0.2) is 0 Å². The number of hydrogen-bond acceptors (Lipinski definition) is 5. The number of rotatable bonds is 44. The van der Waals surface area contributed by atoms with Crippen LogP contribution >= 0.6 is 0 Å². The molecule has 1 amide bonds. The predicted molar refractivity (Wildman–Crippen MR) is 255 cm³/mol. The highest BCUT2D eigenvalue weighted by molar-refractivity contribution is 5.77. The summed E-state index contributed by atoms with van der Waals surface area (Å²) in [5.74, 6) is -0.526. The molecule has 0 radical (unpaired) electrons. The molecule has 0 aromatic carbocycles. The Labute approximate surface area is 365 Å². The summed E-state index contributed by atoms with van der Waals surface area (Å²) in [7, 11) is 0. The van der Waals surface area contributed by atoms with E-state index in [0.29, 0.717) is 19.3 Å². The molecule has 0 bridgehead atoms. The lowest BCUT2D eigenvalue weighted by atomic mass is 10.0. The van der Waals surface area contributed by atoms with Crippen molar-refractivity contribution in [2.75, 3.05) is 6.61 Å². The molecule has 0 saturated heterocycles. The zero-order valence-corrected chi connectivity index (χ0v) is 38.9. The van der Waals surface area contributed by atoms with Crippen LogP contribution in [0.15, 0.2) is 60.8 Å². The molecule has 0 fully saturated rings. The molecule has 0 aromatic heterocycles. The Morgan fingerprint density at radius 2 is 0.915 bits per heavy atom. The van der Waals surface area contributed by atoms with Crippen LogP contribution in [0.5, 0.6) is 0 Å². The second-order valence-corrected chi connectivity index (χ2v) is 16.8. The number of carbonyl (C=O) groups is 2. The number of amides is 1. The van der Waals surface area contributed by atoms with Crippen LogP contribution in [-0.4, -0.2) is 46.9 Å². The number of carbonyl (C=O) groups excluding carboxylic acids is 2. The standard InChI is InChI=1S/C53H95NO5/c1-4-7-10-13-16-19-22-24-26-27-29-31-34-37-40-43-46-53(58)59-49(44-41-38-35-32-30-28-25-23-20-17-14-11-8-5-2)47-52(57)54-50(48-55)51(56)45-42-39-36-33-21-18-15-12-9-6-3/h7,10,16,19,24,26,28-31,49-51,55-56H,4-6,8-9,11-15,17-18,20-23,25,27,32-48H2,1-3H3,(H,54,57)/b10-7+,19-16+,26-24+,30-28+,31-29+. The molecule has 3 unspecified atom stereocenters. The summed E-state index contributed by atoms with van der Waals surface area (Å²) in [6.07, 6.45) is 57.1. The number of aliphatic hydroxyl groups excluding tert-OH is 2. The Hall–Kier alpha value is -2.44. The lowest BCUT2D eigenvalue weighted by Gasteiger charge is -2.24. The molecular formula is C53H95NO5. The van der Waals surface area contributed by atoms with E-state index >= 15 is 0 Å². The predicted octanol–water partition coefficient (Wildman–Crippen LogP) is 14.8. The Balaban J connectivity index is 4.67. The van der Waals surface area contributed by atoms with Gasteiger partial charge in [-0.1, -0.05) is 197 Å². The van der Waals surface area contributed by atoms with Gasteiger partial charge < -0.3 is 20.3 Å². The van der Waals surface area contributed by atoms with Crippen molar-refractivity contribution in [1.29, 1.82) is 0 Å². The topological polar surface area (TPSA) is 95.9 Å². The van der Waals surface area contributed by atoms with Crippen molar-refractivity contribution in [3.8, 4) is 0 Å². The number of ether oxygens (including phenoxy) is 1. The summed E-state index contributed by atoms with van der Waals surface area (Å²) < 4.78 is 5.91. The first-order valence-corrected chi connectivity index (χ1v) is 25.0. The minimum absolute atomic E-state index is 0.0530. The third-order valence-corrected chi connectivity index (χ3v) is 11.1. The molecule has 0 aliphatic rings. The van der Waals surface area contributed by atoms with Crippen LogP contribution in [0, 0.1) is 0 Å². The fourth-order valence-electron chi connectivity index (χ4n) is 7.30. The molecule has 3 N–H and O–H groups in total. The molecule has 0 aliphatic carbocycles. The molecule has 342 valence electrons. The van der Waals surface area contributed by atoms with Crippen molar-refractivity contribution >= 4 is 11.9 Å². The lowest BCUT2D eigenvalue weighted by Crippen LogP contribution is -2.46. The molecule has 0 aliphatic heterocycles. The van der Waals surface area contributed by atoms with Gasteiger partial charge in [0.05, 0.1) is 25.2 Å². The van der Waals surface area contributed by atoms with E-state index in [1.807, 2.05) is 0 Å². The first-order chi connectivity index (χ1) is 29.0. The van der Waals surface area contributed by atoms with Gasteiger partial charge in [0.2, 0.25) is 5.91 Å². The summed E-state index contributed by atoms with van der Waals surface area (Å²) in [6.45, 7) is 6.34. The summed E-state index contributed by atoms with van der Waals surface area (Å²) in [4.78, 5) is 26.1. The van der Waals surface area contributed by atoms with Crippen LogP contribution in [0.1, 0.15) is 239 Å². The Morgan fingerprint density at radius 1 is 0.508 bits per heavy atom. The molecule has 0 spiro atoms. The fraction of sp³-hybridized carbons (Fsp3) is 0.774. The second-order valence-electron chi connectivity index (χ2n) is 16.8. The van der Waals surface area contributed by atoms with Crippen molar-refractivity contribution in [3.05, 3.63) is 60.8 Å². The van der Waals surface area contributed by atoms with Gasteiger partial charge in [0, 0.05) is 6.42 Å². The highest BCUT2D eigenvalue weighted by Gasteiger charge is 2.24. The number of aliphatic hydroxyl groups is 2. The van der Waals surface area contributed by atoms with E-state index in [4.69, 9.17) is 4.74 Å². The van der Waals surface area contributed by atoms with Crippen LogP contribution in [0.4, 0.5) is 0 Å². The fourth-order valence-corrected chi connectivity index (χ4v) is 7.30. The molecule has 0 rings (SSSR count). The minimum Gasteiger partial charge on any atom is -0.462 e. The maximum atomic E-state index is 13.2. The van der Waals surface area contributed by atoms with Gasteiger partial charge in [-0.2, -0.15) is 0 Å². The van der Waals surface area contributed by atoms with Crippen molar-refractivity contribution in [1.82, 2.24) is 5.32 Å². The number of hydrogen-bond donors (Lipinski definition) is 3. The normalized spacial score (nSPS) is 13.8.